The minimum absolute atomic E-state index is 0.571. The van der Waals surface area contributed by atoms with Crippen molar-refractivity contribution in [2.24, 2.45) is 0 Å². The highest BCUT2D eigenvalue weighted by molar-refractivity contribution is 5.45. The van der Waals surface area contributed by atoms with Crippen molar-refractivity contribution in [1.82, 2.24) is 9.88 Å². The lowest BCUT2D eigenvalue weighted by atomic mass is 10.2. The van der Waals surface area contributed by atoms with Crippen LogP contribution in [0, 0.1) is 0 Å². The van der Waals surface area contributed by atoms with Gasteiger partial charge in [0.2, 0.25) is 0 Å². The molecule has 4 heteroatoms. The van der Waals surface area contributed by atoms with Crippen LogP contribution < -0.4 is 10.6 Å². The fraction of sp³-hybridized carbons (Fsp3) is 0.545. The van der Waals surface area contributed by atoms with Crippen LogP contribution in [0.25, 0.3) is 0 Å². The van der Waals surface area contributed by atoms with Crippen LogP contribution in [-0.4, -0.2) is 42.6 Å². The average Bonchev–Trinajstić information content (AvgIpc) is 2.22. The molecule has 1 aromatic heterocycles. The predicted octanol–water partition coefficient (Wildman–Crippen LogP) is 0.804. The maximum Gasteiger partial charge on any atom is 0.131 e. The number of hydrogen-bond donors (Lipinski definition) is 1. The van der Waals surface area contributed by atoms with Crippen molar-refractivity contribution in [2.75, 3.05) is 37.3 Å². The van der Waals surface area contributed by atoms with Crippen molar-refractivity contribution < 1.29 is 0 Å². The molecule has 2 heterocycles. The number of piperazine rings is 1. The van der Waals surface area contributed by atoms with E-state index in [1.807, 2.05) is 18.2 Å². The van der Waals surface area contributed by atoms with E-state index in [0.717, 1.165) is 25.5 Å². The predicted molar refractivity (Wildman–Crippen MR) is 63.0 cm³/mol. The van der Waals surface area contributed by atoms with E-state index in [4.69, 9.17) is 5.73 Å². The number of hydrogen-bond acceptors (Lipinski definition) is 4. The second kappa shape index (κ2) is 4.06. The van der Waals surface area contributed by atoms with Gasteiger partial charge in [-0.05, 0) is 26.1 Å². The second-order valence-corrected chi connectivity index (χ2v) is 4.20. The van der Waals surface area contributed by atoms with E-state index in [1.165, 1.54) is 0 Å². The van der Waals surface area contributed by atoms with Gasteiger partial charge in [-0.3, -0.25) is 0 Å². The molecule has 2 rings (SSSR count). The van der Waals surface area contributed by atoms with Crippen molar-refractivity contribution in [3.8, 4) is 0 Å². The SMILES string of the molecule is CC1CN(c2cccc(N)n2)CCN1C. The lowest BCUT2D eigenvalue weighted by Crippen LogP contribution is -2.50. The first-order chi connectivity index (χ1) is 7.16. The first kappa shape index (κ1) is 10.2. The maximum atomic E-state index is 5.68. The second-order valence-electron chi connectivity index (χ2n) is 4.20. The summed E-state index contributed by atoms with van der Waals surface area (Å²) in [6, 6.07) is 6.37. The molecule has 0 amide bonds. The Morgan fingerprint density at radius 3 is 2.87 bits per heavy atom. The molecule has 0 bridgehead atoms. The highest BCUT2D eigenvalue weighted by Crippen LogP contribution is 2.16. The molecule has 4 nitrogen and oxygen atoms in total. The molecule has 0 saturated carbocycles. The molecule has 82 valence electrons. The van der Waals surface area contributed by atoms with Crippen LogP contribution in [-0.2, 0) is 0 Å². The summed E-state index contributed by atoms with van der Waals surface area (Å²) >= 11 is 0. The fourth-order valence-electron chi connectivity index (χ4n) is 1.87. The molecule has 0 radical (unpaired) electrons. The molecule has 1 atom stereocenters. The van der Waals surface area contributed by atoms with Gasteiger partial charge in [-0.1, -0.05) is 6.07 Å². The first-order valence-corrected chi connectivity index (χ1v) is 5.34. The highest BCUT2D eigenvalue weighted by Gasteiger charge is 2.21. The smallest absolute Gasteiger partial charge is 0.131 e. The van der Waals surface area contributed by atoms with Gasteiger partial charge in [0.05, 0.1) is 0 Å². The van der Waals surface area contributed by atoms with Gasteiger partial charge >= 0.3 is 0 Å². The summed E-state index contributed by atoms with van der Waals surface area (Å²) in [5.41, 5.74) is 5.68. The van der Waals surface area contributed by atoms with E-state index in [1.54, 1.807) is 0 Å². The zero-order valence-electron chi connectivity index (χ0n) is 9.35. The molecule has 2 N–H and O–H groups in total. The number of nitrogens with zero attached hydrogens (tertiary/aromatic N) is 3. The maximum absolute atomic E-state index is 5.68. The van der Waals surface area contributed by atoms with E-state index in [2.05, 4.69) is 28.8 Å². The monoisotopic (exact) mass is 206 g/mol. The van der Waals surface area contributed by atoms with Gasteiger partial charge < -0.3 is 15.5 Å². The minimum Gasteiger partial charge on any atom is -0.384 e. The van der Waals surface area contributed by atoms with E-state index >= 15 is 0 Å². The van der Waals surface area contributed by atoms with Crippen LogP contribution in [0.3, 0.4) is 0 Å². The van der Waals surface area contributed by atoms with E-state index in [-0.39, 0.29) is 0 Å². The normalized spacial score (nSPS) is 23.1. The van der Waals surface area contributed by atoms with Gasteiger partial charge in [0.15, 0.2) is 0 Å². The molecular formula is C11H18N4. The molecule has 1 aliphatic rings. The molecule has 0 spiro atoms. The number of nitrogen functional groups attached to an aromatic ring is 1. The molecule has 1 fully saturated rings. The van der Waals surface area contributed by atoms with Crippen LogP contribution in [0.15, 0.2) is 18.2 Å². The van der Waals surface area contributed by atoms with Crippen LogP contribution in [0.5, 0.6) is 0 Å². The third-order valence-corrected chi connectivity index (χ3v) is 3.04. The Morgan fingerprint density at radius 1 is 1.40 bits per heavy atom. The van der Waals surface area contributed by atoms with Gasteiger partial charge in [-0.15, -0.1) is 0 Å². The summed E-state index contributed by atoms with van der Waals surface area (Å²) in [6.45, 7) is 5.36. The Bertz CT molecular complexity index is 339. The fourth-order valence-corrected chi connectivity index (χ4v) is 1.87. The Balaban J connectivity index is 2.12. The number of aromatic nitrogens is 1. The lowest BCUT2D eigenvalue weighted by molar-refractivity contribution is 0.233. The zero-order chi connectivity index (χ0) is 10.8. The standard InChI is InChI=1S/C11H18N4/c1-9-8-15(7-6-14(9)2)11-5-3-4-10(12)13-11/h3-5,9H,6-8H2,1-2H3,(H2,12,13). The number of pyridine rings is 1. The molecule has 0 aromatic carbocycles. The van der Waals surface area contributed by atoms with Gasteiger partial charge in [-0.2, -0.15) is 0 Å². The molecule has 1 aromatic rings. The van der Waals surface area contributed by atoms with E-state index < -0.39 is 0 Å². The van der Waals surface area contributed by atoms with Gasteiger partial charge in [0, 0.05) is 25.7 Å². The van der Waals surface area contributed by atoms with Crippen molar-refractivity contribution in [3.63, 3.8) is 0 Å². The molecule has 15 heavy (non-hydrogen) atoms. The topological polar surface area (TPSA) is 45.4 Å². The van der Waals surface area contributed by atoms with Crippen LogP contribution in [0.4, 0.5) is 11.6 Å². The highest BCUT2D eigenvalue weighted by atomic mass is 15.3. The van der Waals surface area contributed by atoms with Crippen LogP contribution in [0.2, 0.25) is 0 Å². The molecule has 1 unspecified atom stereocenters. The van der Waals surface area contributed by atoms with E-state index in [9.17, 15) is 0 Å². The summed E-state index contributed by atoms with van der Waals surface area (Å²) < 4.78 is 0. The number of nitrogens with two attached hydrogens (primary N) is 1. The third kappa shape index (κ3) is 2.21. The van der Waals surface area contributed by atoms with Gasteiger partial charge in [0.25, 0.3) is 0 Å². The molecule has 1 saturated heterocycles. The Morgan fingerprint density at radius 2 is 2.20 bits per heavy atom. The Hall–Kier alpha value is -1.29. The van der Waals surface area contributed by atoms with E-state index in [0.29, 0.717) is 11.9 Å². The average molecular weight is 206 g/mol. The van der Waals surface area contributed by atoms with Crippen molar-refractivity contribution in [1.29, 1.82) is 0 Å². The molecule has 1 aliphatic heterocycles. The Kier molecular flexibility index (Phi) is 2.77. The largest absolute Gasteiger partial charge is 0.384 e. The van der Waals surface area contributed by atoms with Crippen LogP contribution in [0.1, 0.15) is 6.92 Å². The van der Waals surface area contributed by atoms with Gasteiger partial charge in [-0.25, -0.2) is 4.98 Å². The summed E-state index contributed by atoms with van der Waals surface area (Å²) in [4.78, 5) is 9.00. The first-order valence-electron chi connectivity index (χ1n) is 5.34. The number of anilines is 2. The van der Waals surface area contributed by atoms with Crippen molar-refractivity contribution in [2.45, 2.75) is 13.0 Å². The Labute approximate surface area is 90.7 Å². The quantitative estimate of drug-likeness (QED) is 0.738. The minimum atomic E-state index is 0.571. The van der Waals surface area contributed by atoms with Crippen molar-refractivity contribution in [3.05, 3.63) is 18.2 Å². The van der Waals surface area contributed by atoms with Gasteiger partial charge in [0.1, 0.15) is 11.6 Å². The molecule has 0 aliphatic carbocycles. The zero-order valence-corrected chi connectivity index (χ0v) is 9.35. The number of rotatable bonds is 1. The summed E-state index contributed by atoms with van der Waals surface area (Å²) in [5.74, 6) is 1.59. The van der Waals surface area contributed by atoms with Crippen LogP contribution >= 0.6 is 0 Å². The lowest BCUT2D eigenvalue weighted by Gasteiger charge is -2.38. The summed E-state index contributed by atoms with van der Waals surface area (Å²) in [5, 5.41) is 0. The van der Waals surface area contributed by atoms with Crippen molar-refractivity contribution >= 4 is 11.6 Å². The third-order valence-electron chi connectivity index (χ3n) is 3.04. The summed E-state index contributed by atoms with van der Waals surface area (Å²) in [7, 11) is 2.16. The number of likely N-dealkylation sites (N-methyl/N-ethyl adjacent to an activating group) is 1. The molecular weight excluding hydrogens is 188 g/mol. The summed E-state index contributed by atoms with van der Waals surface area (Å²) in [6.07, 6.45) is 0.